The zero-order valence-electron chi connectivity index (χ0n) is 15.6. The van der Waals surface area contributed by atoms with Gasteiger partial charge in [0, 0.05) is 69.7 Å². The molecule has 2 saturated heterocycles. The quantitative estimate of drug-likeness (QED) is 0.845. The molecular formula is C20H27N5O. The summed E-state index contributed by atoms with van der Waals surface area (Å²) >= 11 is 0. The highest BCUT2D eigenvalue weighted by Crippen LogP contribution is 2.48. The monoisotopic (exact) mass is 353 g/mol. The molecule has 1 amide bonds. The summed E-state index contributed by atoms with van der Waals surface area (Å²) < 4.78 is 1.86. The summed E-state index contributed by atoms with van der Waals surface area (Å²) in [6, 6.07) is 4.17. The first kappa shape index (κ1) is 17.2. The predicted molar refractivity (Wildman–Crippen MR) is 99.4 cm³/mol. The van der Waals surface area contributed by atoms with Crippen LogP contribution >= 0.6 is 0 Å². The molecule has 6 heteroatoms. The number of nitrogens with zero attached hydrogens (tertiary/aromatic N) is 5. The number of amides is 1. The normalized spacial score (nSPS) is 23.1. The first-order chi connectivity index (χ1) is 12.6. The van der Waals surface area contributed by atoms with Crippen LogP contribution in [0.1, 0.15) is 43.2 Å². The van der Waals surface area contributed by atoms with Crippen LogP contribution in [0, 0.1) is 0 Å². The Balaban J connectivity index is 1.54. The second kappa shape index (κ2) is 6.83. The van der Waals surface area contributed by atoms with Crippen molar-refractivity contribution >= 4 is 5.91 Å². The van der Waals surface area contributed by atoms with E-state index in [-0.39, 0.29) is 11.5 Å². The number of aryl methyl sites for hydroxylation is 1. The minimum absolute atomic E-state index is 0.0430. The van der Waals surface area contributed by atoms with Gasteiger partial charge in [-0.3, -0.25) is 19.4 Å². The number of piperidine rings is 1. The van der Waals surface area contributed by atoms with Crippen molar-refractivity contribution in [1.82, 2.24) is 24.6 Å². The Bertz CT molecular complexity index is 764. The first-order valence-corrected chi connectivity index (χ1v) is 9.52. The molecule has 138 valence electrons. The Kier molecular flexibility index (Phi) is 4.53. The van der Waals surface area contributed by atoms with E-state index in [1.807, 2.05) is 30.3 Å². The molecule has 2 fully saturated rings. The topological polar surface area (TPSA) is 54.3 Å². The third-order valence-electron chi connectivity index (χ3n) is 6.18. The zero-order valence-corrected chi connectivity index (χ0v) is 15.6. The summed E-state index contributed by atoms with van der Waals surface area (Å²) in [5.41, 5.74) is 2.47. The average molecular weight is 353 g/mol. The van der Waals surface area contributed by atoms with Crippen LogP contribution in [0.25, 0.3) is 0 Å². The molecule has 4 rings (SSSR count). The van der Waals surface area contributed by atoms with Gasteiger partial charge >= 0.3 is 0 Å². The molecule has 0 unspecified atom stereocenters. The number of rotatable bonds is 4. The lowest BCUT2D eigenvalue weighted by molar-refractivity contribution is -0.132. The maximum atomic E-state index is 12.7. The van der Waals surface area contributed by atoms with Gasteiger partial charge in [-0.05, 0) is 37.5 Å². The summed E-state index contributed by atoms with van der Waals surface area (Å²) in [6.07, 6.45) is 10.4. The third kappa shape index (κ3) is 2.92. The number of hydrogen-bond acceptors (Lipinski definition) is 4. The smallest absolute Gasteiger partial charge is 0.223 e. The lowest BCUT2D eigenvalue weighted by Crippen LogP contribution is -2.55. The van der Waals surface area contributed by atoms with E-state index in [0.29, 0.717) is 12.3 Å². The first-order valence-electron chi connectivity index (χ1n) is 9.52. The van der Waals surface area contributed by atoms with Gasteiger partial charge in [0.25, 0.3) is 0 Å². The van der Waals surface area contributed by atoms with Crippen LogP contribution in [0.3, 0.4) is 0 Å². The number of carbonyl (C=O) groups excluding carboxylic acids is 1. The Morgan fingerprint density at radius 1 is 1.23 bits per heavy atom. The van der Waals surface area contributed by atoms with Crippen molar-refractivity contribution < 1.29 is 4.79 Å². The van der Waals surface area contributed by atoms with E-state index in [4.69, 9.17) is 0 Å². The summed E-state index contributed by atoms with van der Waals surface area (Å²) in [4.78, 5) is 21.5. The lowest BCUT2D eigenvalue weighted by Gasteiger charge is -2.48. The highest BCUT2D eigenvalue weighted by molar-refractivity contribution is 5.81. The highest BCUT2D eigenvalue weighted by Gasteiger charge is 2.53. The second-order valence-corrected chi connectivity index (χ2v) is 7.58. The van der Waals surface area contributed by atoms with E-state index >= 15 is 0 Å². The van der Waals surface area contributed by atoms with Crippen molar-refractivity contribution in [1.29, 1.82) is 0 Å². The number of aromatic nitrogens is 3. The van der Waals surface area contributed by atoms with Crippen LogP contribution in [-0.2, 0) is 18.4 Å². The zero-order chi connectivity index (χ0) is 18.1. The van der Waals surface area contributed by atoms with Crippen LogP contribution in [0.2, 0.25) is 0 Å². The molecule has 1 spiro atoms. The Hall–Kier alpha value is -2.21. The van der Waals surface area contributed by atoms with Crippen LogP contribution in [0.15, 0.2) is 36.9 Å². The molecule has 26 heavy (non-hydrogen) atoms. The van der Waals surface area contributed by atoms with E-state index in [2.05, 4.69) is 45.1 Å². The van der Waals surface area contributed by atoms with Crippen LogP contribution in [0.4, 0.5) is 0 Å². The summed E-state index contributed by atoms with van der Waals surface area (Å²) in [7, 11) is 1.96. The van der Waals surface area contributed by atoms with Gasteiger partial charge in [0.1, 0.15) is 0 Å². The highest BCUT2D eigenvalue weighted by atomic mass is 16.2. The molecule has 0 aromatic carbocycles. The number of carbonyl (C=O) groups is 1. The van der Waals surface area contributed by atoms with Crippen LogP contribution in [0.5, 0.6) is 0 Å². The molecule has 0 radical (unpaired) electrons. The fourth-order valence-electron chi connectivity index (χ4n) is 4.95. The van der Waals surface area contributed by atoms with Gasteiger partial charge in [-0.1, -0.05) is 0 Å². The number of likely N-dealkylation sites (tertiary alicyclic amines) is 2. The molecule has 2 aliphatic rings. The molecule has 6 nitrogen and oxygen atoms in total. The summed E-state index contributed by atoms with van der Waals surface area (Å²) in [5, 5.41) is 4.27. The molecule has 2 aromatic rings. The van der Waals surface area contributed by atoms with E-state index in [1.165, 1.54) is 11.1 Å². The van der Waals surface area contributed by atoms with Crippen LogP contribution < -0.4 is 0 Å². The SMILES string of the molecule is CCN1C(=O)C[C@@H](c2ccncc2)C12CCN(Cc1cnn(C)c1)CC2. The molecule has 1 atom stereocenters. The van der Waals surface area contributed by atoms with Crippen molar-refractivity contribution in [2.45, 2.75) is 44.2 Å². The van der Waals surface area contributed by atoms with E-state index in [9.17, 15) is 4.79 Å². The lowest BCUT2D eigenvalue weighted by atomic mass is 9.73. The number of hydrogen-bond donors (Lipinski definition) is 0. The largest absolute Gasteiger partial charge is 0.337 e. The molecule has 0 saturated carbocycles. The Morgan fingerprint density at radius 3 is 2.58 bits per heavy atom. The molecule has 0 aliphatic carbocycles. The molecule has 2 aliphatic heterocycles. The third-order valence-corrected chi connectivity index (χ3v) is 6.18. The van der Waals surface area contributed by atoms with Gasteiger partial charge in [-0.25, -0.2) is 0 Å². The second-order valence-electron chi connectivity index (χ2n) is 7.58. The maximum Gasteiger partial charge on any atom is 0.223 e. The van der Waals surface area contributed by atoms with E-state index in [1.54, 1.807) is 0 Å². The Morgan fingerprint density at radius 2 is 1.96 bits per heavy atom. The number of pyridine rings is 1. The van der Waals surface area contributed by atoms with Gasteiger partial charge in [0.2, 0.25) is 5.91 Å². The molecule has 4 heterocycles. The molecular weight excluding hydrogens is 326 g/mol. The average Bonchev–Trinajstić information content (AvgIpc) is 3.18. The number of likely N-dealkylation sites (N-methyl/N-ethyl adjacent to an activating group) is 1. The van der Waals surface area contributed by atoms with Gasteiger partial charge in [0.15, 0.2) is 0 Å². The van der Waals surface area contributed by atoms with Gasteiger partial charge in [-0.2, -0.15) is 5.10 Å². The van der Waals surface area contributed by atoms with E-state index < -0.39 is 0 Å². The minimum Gasteiger partial charge on any atom is -0.337 e. The van der Waals surface area contributed by atoms with Gasteiger partial charge < -0.3 is 4.90 Å². The fourth-order valence-corrected chi connectivity index (χ4v) is 4.95. The van der Waals surface area contributed by atoms with Crippen molar-refractivity contribution in [3.8, 4) is 0 Å². The molecule has 0 bridgehead atoms. The van der Waals surface area contributed by atoms with Crippen LogP contribution in [-0.4, -0.2) is 55.6 Å². The maximum absolute atomic E-state index is 12.7. The summed E-state index contributed by atoms with van der Waals surface area (Å²) in [5.74, 6) is 0.577. The molecule has 2 aromatic heterocycles. The van der Waals surface area contributed by atoms with Crippen molar-refractivity contribution in [2.75, 3.05) is 19.6 Å². The predicted octanol–water partition coefficient (Wildman–Crippen LogP) is 2.19. The van der Waals surface area contributed by atoms with Crippen molar-refractivity contribution in [2.24, 2.45) is 7.05 Å². The van der Waals surface area contributed by atoms with Gasteiger partial charge in [-0.15, -0.1) is 0 Å². The van der Waals surface area contributed by atoms with E-state index in [0.717, 1.165) is 39.0 Å². The molecule has 0 N–H and O–H groups in total. The van der Waals surface area contributed by atoms with Crippen molar-refractivity contribution in [3.63, 3.8) is 0 Å². The fraction of sp³-hybridized carbons (Fsp3) is 0.550. The van der Waals surface area contributed by atoms with Gasteiger partial charge in [0.05, 0.1) is 11.7 Å². The summed E-state index contributed by atoms with van der Waals surface area (Å²) in [6.45, 7) is 5.87. The van der Waals surface area contributed by atoms with Crippen molar-refractivity contribution in [3.05, 3.63) is 48.0 Å². The minimum atomic E-state index is -0.0430. The Labute approximate surface area is 154 Å². The standard InChI is InChI=1S/C20H27N5O/c1-3-25-19(26)12-18(17-4-8-21-9-5-17)20(25)6-10-24(11-7-20)15-16-13-22-23(2)14-16/h4-5,8-9,13-14,18H,3,6-7,10-12,15H2,1-2H3/t18-/m0/s1.